The average molecular weight is 345 g/mol. The van der Waals surface area contributed by atoms with Crippen LogP contribution in [0.4, 0.5) is 5.69 Å². The lowest BCUT2D eigenvalue weighted by Crippen LogP contribution is -2.39. The van der Waals surface area contributed by atoms with Crippen LogP contribution in [0.3, 0.4) is 0 Å². The maximum absolute atomic E-state index is 11.6. The number of allylic oxidation sites excluding steroid dienone is 1. The van der Waals surface area contributed by atoms with Gasteiger partial charge >= 0.3 is 0 Å². The summed E-state index contributed by atoms with van der Waals surface area (Å²) >= 11 is 0. The van der Waals surface area contributed by atoms with Gasteiger partial charge in [-0.1, -0.05) is 25.1 Å². The Balaban J connectivity index is 2.62. The van der Waals surface area contributed by atoms with Crippen molar-refractivity contribution in [1.82, 2.24) is 10.2 Å². The van der Waals surface area contributed by atoms with Crippen LogP contribution in [-0.2, 0) is 11.3 Å². The van der Waals surface area contributed by atoms with E-state index < -0.39 is 0 Å². The smallest absolute Gasteiger partial charge is 0.224 e. The maximum atomic E-state index is 11.6. The number of anilines is 1. The Bertz CT molecular complexity index is 551. The SMILES string of the molecule is C=CCCCN(C)C(=NCc1ccc(NC(=O)CCC)cc1)NCC. The largest absolute Gasteiger partial charge is 0.357 e. The molecule has 1 amide bonds. The van der Waals surface area contributed by atoms with Crippen LogP contribution in [0.2, 0.25) is 0 Å². The molecule has 0 aliphatic carbocycles. The Kier molecular flexibility index (Phi) is 10.1. The monoisotopic (exact) mass is 344 g/mol. The van der Waals surface area contributed by atoms with E-state index in [-0.39, 0.29) is 5.91 Å². The molecule has 5 heteroatoms. The molecule has 0 radical (unpaired) electrons. The normalized spacial score (nSPS) is 11.1. The molecular formula is C20H32N4O. The van der Waals surface area contributed by atoms with Gasteiger partial charge in [0.25, 0.3) is 0 Å². The zero-order chi connectivity index (χ0) is 18.5. The Morgan fingerprint density at radius 2 is 2.00 bits per heavy atom. The van der Waals surface area contributed by atoms with Gasteiger partial charge in [-0.15, -0.1) is 6.58 Å². The lowest BCUT2D eigenvalue weighted by atomic mass is 10.2. The number of carbonyl (C=O) groups is 1. The summed E-state index contributed by atoms with van der Waals surface area (Å²) in [5.74, 6) is 0.968. The second-order valence-corrected chi connectivity index (χ2v) is 6.02. The van der Waals surface area contributed by atoms with Crippen molar-refractivity contribution in [3.8, 4) is 0 Å². The number of hydrogen-bond donors (Lipinski definition) is 2. The number of rotatable bonds is 10. The standard InChI is InChI=1S/C20H32N4O/c1-5-8-9-15-24(4)20(21-7-3)22-16-17-11-13-18(14-12-17)23-19(25)10-6-2/h5,11-14H,1,6-10,15-16H2,2-4H3,(H,21,22)(H,23,25). The molecule has 0 aliphatic rings. The van der Waals surface area contributed by atoms with E-state index in [0.29, 0.717) is 13.0 Å². The van der Waals surface area contributed by atoms with Crippen LogP contribution in [0.25, 0.3) is 0 Å². The van der Waals surface area contributed by atoms with Crippen LogP contribution < -0.4 is 10.6 Å². The highest BCUT2D eigenvalue weighted by atomic mass is 16.1. The van der Waals surface area contributed by atoms with Gasteiger partial charge in [0.1, 0.15) is 0 Å². The van der Waals surface area contributed by atoms with Crippen molar-refractivity contribution in [2.75, 3.05) is 25.5 Å². The molecule has 1 aromatic carbocycles. The predicted octanol–water partition coefficient (Wildman–Crippen LogP) is 3.79. The second-order valence-electron chi connectivity index (χ2n) is 6.02. The first-order valence-electron chi connectivity index (χ1n) is 9.09. The quantitative estimate of drug-likeness (QED) is 0.294. The highest BCUT2D eigenvalue weighted by Gasteiger charge is 2.05. The third kappa shape index (κ3) is 8.38. The first-order chi connectivity index (χ1) is 12.1. The summed E-state index contributed by atoms with van der Waals surface area (Å²) in [4.78, 5) is 18.5. The first kappa shape index (κ1) is 20.7. The zero-order valence-corrected chi connectivity index (χ0v) is 15.8. The minimum absolute atomic E-state index is 0.0591. The van der Waals surface area contributed by atoms with Gasteiger partial charge in [-0.2, -0.15) is 0 Å². The molecule has 0 atom stereocenters. The molecule has 25 heavy (non-hydrogen) atoms. The summed E-state index contributed by atoms with van der Waals surface area (Å²) in [6.45, 7) is 10.2. The van der Waals surface area contributed by atoms with Crippen LogP contribution >= 0.6 is 0 Å². The van der Waals surface area contributed by atoms with Crippen LogP contribution in [0, 0.1) is 0 Å². The van der Waals surface area contributed by atoms with E-state index in [1.165, 1.54) is 0 Å². The van der Waals surface area contributed by atoms with Crippen molar-refractivity contribution >= 4 is 17.6 Å². The number of carbonyl (C=O) groups excluding carboxylic acids is 1. The topological polar surface area (TPSA) is 56.7 Å². The predicted molar refractivity (Wildman–Crippen MR) is 107 cm³/mol. The third-order valence-corrected chi connectivity index (χ3v) is 3.72. The Hall–Kier alpha value is -2.30. The van der Waals surface area contributed by atoms with Crippen LogP contribution in [0.5, 0.6) is 0 Å². The molecular weight excluding hydrogens is 312 g/mol. The number of guanidine groups is 1. The molecule has 0 aliphatic heterocycles. The molecule has 138 valence electrons. The first-order valence-corrected chi connectivity index (χ1v) is 9.09. The van der Waals surface area contributed by atoms with E-state index in [4.69, 9.17) is 4.99 Å². The van der Waals surface area contributed by atoms with Gasteiger partial charge in [-0.25, -0.2) is 4.99 Å². The van der Waals surface area contributed by atoms with Crippen molar-refractivity contribution in [2.45, 2.75) is 46.1 Å². The van der Waals surface area contributed by atoms with E-state index >= 15 is 0 Å². The minimum atomic E-state index is 0.0591. The number of aliphatic imine (C=N–C) groups is 1. The Labute approximate surface area is 152 Å². The fourth-order valence-corrected chi connectivity index (χ4v) is 2.36. The van der Waals surface area contributed by atoms with E-state index in [0.717, 1.165) is 49.6 Å². The van der Waals surface area contributed by atoms with E-state index in [9.17, 15) is 4.79 Å². The molecule has 0 saturated carbocycles. The van der Waals surface area contributed by atoms with Crippen molar-refractivity contribution < 1.29 is 4.79 Å². The molecule has 1 rings (SSSR count). The van der Waals surface area contributed by atoms with Gasteiger partial charge in [0.05, 0.1) is 6.54 Å². The highest BCUT2D eigenvalue weighted by Crippen LogP contribution is 2.11. The van der Waals surface area contributed by atoms with Crippen molar-refractivity contribution in [3.63, 3.8) is 0 Å². The van der Waals surface area contributed by atoms with Crippen LogP contribution in [-0.4, -0.2) is 36.9 Å². The van der Waals surface area contributed by atoms with Gasteiger partial charge in [-0.3, -0.25) is 4.79 Å². The molecule has 0 saturated heterocycles. The van der Waals surface area contributed by atoms with Crippen LogP contribution in [0.1, 0.15) is 45.1 Å². The Morgan fingerprint density at radius 1 is 1.28 bits per heavy atom. The van der Waals surface area contributed by atoms with Gasteiger partial charge in [0.2, 0.25) is 5.91 Å². The van der Waals surface area contributed by atoms with Crippen molar-refractivity contribution in [2.24, 2.45) is 4.99 Å². The Morgan fingerprint density at radius 3 is 2.60 bits per heavy atom. The third-order valence-electron chi connectivity index (χ3n) is 3.72. The van der Waals surface area contributed by atoms with Gasteiger partial charge in [0.15, 0.2) is 5.96 Å². The molecule has 0 fully saturated rings. The van der Waals surface area contributed by atoms with Crippen LogP contribution in [0.15, 0.2) is 41.9 Å². The molecule has 0 spiro atoms. The summed E-state index contributed by atoms with van der Waals surface area (Å²) in [6.07, 6.45) is 5.42. The highest BCUT2D eigenvalue weighted by molar-refractivity contribution is 5.90. The zero-order valence-electron chi connectivity index (χ0n) is 15.8. The number of hydrogen-bond acceptors (Lipinski definition) is 2. The fraction of sp³-hybridized carbons (Fsp3) is 0.500. The molecule has 0 bridgehead atoms. The molecule has 0 heterocycles. The fourth-order valence-electron chi connectivity index (χ4n) is 2.36. The van der Waals surface area contributed by atoms with Gasteiger partial charge in [-0.05, 0) is 43.9 Å². The molecule has 1 aromatic rings. The van der Waals surface area contributed by atoms with E-state index in [2.05, 4.69) is 36.1 Å². The number of nitrogens with one attached hydrogen (secondary N) is 2. The second kappa shape index (κ2) is 12.1. The van der Waals surface area contributed by atoms with Crippen molar-refractivity contribution in [1.29, 1.82) is 0 Å². The number of unbranched alkanes of at least 4 members (excludes halogenated alkanes) is 1. The average Bonchev–Trinajstić information content (AvgIpc) is 2.60. The molecule has 0 aromatic heterocycles. The molecule has 2 N–H and O–H groups in total. The summed E-state index contributed by atoms with van der Waals surface area (Å²) < 4.78 is 0. The lowest BCUT2D eigenvalue weighted by Gasteiger charge is -2.21. The molecule has 0 unspecified atom stereocenters. The van der Waals surface area contributed by atoms with Gasteiger partial charge in [0, 0.05) is 32.2 Å². The minimum Gasteiger partial charge on any atom is -0.357 e. The number of amides is 1. The number of benzene rings is 1. The van der Waals surface area contributed by atoms with Gasteiger partial charge < -0.3 is 15.5 Å². The number of nitrogens with zero attached hydrogens (tertiary/aromatic N) is 2. The maximum Gasteiger partial charge on any atom is 0.224 e. The summed E-state index contributed by atoms with van der Waals surface area (Å²) in [5.41, 5.74) is 1.95. The van der Waals surface area contributed by atoms with Crippen molar-refractivity contribution in [3.05, 3.63) is 42.5 Å². The molecule has 5 nitrogen and oxygen atoms in total. The summed E-state index contributed by atoms with van der Waals surface area (Å²) in [6, 6.07) is 7.87. The van der Waals surface area contributed by atoms with E-state index in [1.807, 2.05) is 37.3 Å². The lowest BCUT2D eigenvalue weighted by molar-refractivity contribution is -0.116. The summed E-state index contributed by atoms with van der Waals surface area (Å²) in [5, 5.41) is 6.22. The summed E-state index contributed by atoms with van der Waals surface area (Å²) in [7, 11) is 2.05. The van der Waals surface area contributed by atoms with E-state index in [1.54, 1.807) is 0 Å².